The van der Waals surface area contributed by atoms with Crippen molar-refractivity contribution >= 4 is 18.4 Å². The molecule has 1 N–H and O–H groups in total. The zero-order chi connectivity index (χ0) is 11.4. The number of hydrogen-bond donors (Lipinski definition) is 1. The zero-order valence-corrected chi connectivity index (χ0v) is 11.0. The topological polar surface area (TPSA) is 12.0 Å². The van der Waals surface area contributed by atoms with Gasteiger partial charge >= 0.3 is 85.3 Å². The molecule has 0 atom stereocenters. The van der Waals surface area contributed by atoms with Crippen LogP contribution in [0.25, 0.3) is 0 Å². The van der Waals surface area contributed by atoms with Crippen molar-refractivity contribution in [1.29, 1.82) is 0 Å². The Morgan fingerprint density at radius 2 is 2.00 bits per heavy atom. The summed E-state index contributed by atoms with van der Waals surface area (Å²) in [6, 6.07) is 0. The van der Waals surface area contributed by atoms with Gasteiger partial charge in [0.25, 0.3) is 0 Å². The maximum atomic E-state index is 7.85. The number of rotatable bonds is 2. The van der Waals surface area contributed by atoms with Gasteiger partial charge in [-0.1, -0.05) is 0 Å². The Bertz CT molecular complexity index is 186. The quantitative estimate of drug-likeness (QED) is 0.766. The minimum atomic E-state index is -2.83. The van der Waals surface area contributed by atoms with Gasteiger partial charge in [-0.05, 0) is 0 Å². The van der Waals surface area contributed by atoms with Crippen LogP contribution in [0.2, 0.25) is 18.2 Å². The molecule has 2 heteroatoms. The monoisotopic (exact) mass is 280 g/mol. The average molecular weight is 279 g/mol. The molecule has 12 heavy (non-hydrogen) atoms. The van der Waals surface area contributed by atoms with Gasteiger partial charge in [0.15, 0.2) is 0 Å². The normalized spacial score (nSPS) is 29.2. The van der Waals surface area contributed by atoms with E-state index in [1.165, 1.54) is 0 Å². The molecule has 1 fully saturated rings. The maximum absolute atomic E-state index is 7.85. The standard InChI is InChI=1S/C6H13N.C3H7.CH3.Sn/c1-3-5-7-6-4-2;1-3-2;;/h7H,1-6H2;1,3H2,2H3;1H3;/i;;1D3;. The molecule has 1 aliphatic heterocycles. The molecule has 1 aliphatic rings. The molecule has 0 aromatic carbocycles. The van der Waals surface area contributed by atoms with Gasteiger partial charge in [0.2, 0.25) is 0 Å². The van der Waals surface area contributed by atoms with Crippen LogP contribution in [-0.4, -0.2) is 31.5 Å². The van der Waals surface area contributed by atoms with Crippen molar-refractivity contribution in [3.05, 3.63) is 0 Å². The molecule has 1 heterocycles. The van der Waals surface area contributed by atoms with Crippen LogP contribution in [0.5, 0.6) is 0 Å². The van der Waals surface area contributed by atoms with Gasteiger partial charge < -0.3 is 0 Å². The summed E-state index contributed by atoms with van der Waals surface area (Å²) in [6.07, 6.45) is 3.25. The molecule has 1 rings (SSSR count). The first kappa shape index (κ1) is 7.10. The fraction of sp³-hybridized carbons (Fsp3) is 1.00. The molecule has 1 saturated heterocycles. The molecule has 0 radical (unpaired) electrons. The van der Waals surface area contributed by atoms with Crippen LogP contribution in [0.1, 0.15) is 30.3 Å². The molecule has 72 valence electrons. The van der Waals surface area contributed by atoms with Gasteiger partial charge in [-0.2, -0.15) is 0 Å². The average Bonchev–Trinajstić information content (AvgIpc) is 2.07. The molecule has 0 aromatic heterocycles. The van der Waals surface area contributed by atoms with Crippen molar-refractivity contribution in [3.63, 3.8) is 0 Å². The van der Waals surface area contributed by atoms with Gasteiger partial charge in [0.1, 0.15) is 0 Å². The molecule has 0 amide bonds. The summed E-state index contributed by atoms with van der Waals surface area (Å²) in [5, 5.41) is 3.37. The van der Waals surface area contributed by atoms with Crippen LogP contribution in [0.3, 0.4) is 0 Å². The molecule has 0 aromatic rings. The van der Waals surface area contributed by atoms with Crippen LogP contribution in [-0.2, 0) is 0 Å². The first-order valence-electron chi connectivity index (χ1n) is 6.72. The summed E-state index contributed by atoms with van der Waals surface area (Å²) >= 11 is -2.83. The third-order valence-electron chi connectivity index (χ3n) is 2.75. The first-order valence-corrected chi connectivity index (χ1v) is 12.7. The predicted molar refractivity (Wildman–Crippen MR) is 58.4 cm³/mol. The molecule has 0 saturated carbocycles. The third-order valence-corrected chi connectivity index (χ3v) is 14.4. The van der Waals surface area contributed by atoms with E-state index in [0.29, 0.717) is 0 Å². The first-order chi connectivity index (χ1) is 7.02. The molecule has 0 spiro atoms. The van der Waals surface area contributed by atoms with Crippen molar-refractivity contribution in [2.45, 2.75) is 44.4 Å². The fourth-order valence-corrected chi connectivity index (χ4v) is 11.8. The summed E-state index contributed by atoms with van der Waals surface area (Å²) in [4.78, 5) is -1.57. The van der Waals surface area contributed by atoms with Crippen molar-refractivity contribution in [2.24, 2.45) is 0 Å². The molecular formula is C10H23NSn. The predicted octanol–water partition coefficient (Wildman–Crippen LogP) is 2.86. The summed E-state index contributed by atoms with van der Waals surface area (Å²) in [6.45, 7) is 4.19. The van der Waals surface area contributed by atoms with Crippen LogP contribution >= 0.6 is 0 Å². The van der Waals surface area contributed by atoms with Crippen molar-refractivity contribution in [1.82, 2.24) is 5.32 Å². The zero-order valence-electron chi connectivity index (χ0n) is 11.2. The van der Waals surface area contributed by atoms with Gasteiger partial charge in [0, 0.05) is 0 Å². The Kier molecular flexibility index (Phi) is 3.24. The third kappa shape index (κ3) is 3.65. The summed E-state index contributed by atoms with van der Waals surface area (Å²) in [7, 11) is 0. The number of nitrogens with one attached hydrogen (secondary N) is 1. The summed E-state index contributed by atoms with van der Waals surface area (Å²) < 4.78 is 26.7. The van der Waals surface area contributed by atoms with E-state index in [1.54, 1.807) is 0 Å². The van der Waals surface area contributed by atoms with Crippen molar-refractivity contribution in [2.75, 3.05) is 13.1 Å². The SMILES string of the molecule is [2H][C]([2H])([2H])[Sn]1([CH2]CC)[CH2]CCNCC[CH2]1. The van der Waals surface area contributed by atoms with E-state index in [4.69, 9.17) is 4.11 Å². The van der Waals surface area contributed by atoms with Crippen LogP contribution in [0.15, 0.2) is 0 Å². The second kappa shape index (κ2) is 5.48. The second-order valence-electron chi connectivity index (χ2n) is 3.99. The van der Waals surface area contributed by atoms with E-state index in [9.17, 15) is 0 Å². The van der Waals surface area contributed by atoms with E-state index in [1.807, 2.05) is 0 Å². The molecule has 1 nitrogen and oxygen atoms in total. The van der Waals surface area contributed by atoms with Crippen LogP contribution in [0, 0.1) is 0 Å². The van der Waals surface area contributed by atoms with Crippen molar-refractivity contribution < 1.29 is 4.11 Å². The van der Waals surface area contributed by atoms with Gasteiger partial charge in [-0.25, -0.2) is 0 Å². The second-order valence-corrected chi connectivity index (χ2v) is 15.6. The molecular weight excluding hydrogens is 253 g/mol. The Morgan fingerprint density at radius 3 is 2.50 bits per heavy atom. The van der Waals surface area contributed by atoms with E-state index >= 15 is 0 Å². The van der Waals surface area contributed by atoms with E-state index in [2.05, 4.69) is 12.2 Å². The summed E-state index contributed by atoms with van der Waals surface area (Å²) in [5.74, 6) is 0. The van der Waals surface area contributed by atoms with E-state index in [-0.39, 0.29) is 0 Å². The van der Waals surface area contributed by atoms with E-state index in [0.717, 1.165) is 45.7 Å². The minimum absolute atomic E-state index is 1.03. The van der Waals surface area contributed by atoms with Gasteiger partial charge in [-0.15, -0.1) is 0 Å². The summed E-state index contributed by atoms with van der Waals surface area (Å²) in [5.41, 5.74) is 0. The Morgan fingerprint density at radius 1 is 1.33 bits per heavy atom. The van der Waals surface area contributed by atoms with Gasteiger partial charge in [-0.3, -0.25) is 0 Å². The van der Waals surface area contributed by atoms with Crippen LogP contribution in [0.4, 0.5) is 0 Å². The fourth-order valence-electron chi connectivity index (χ4n) is 2.08. The molecule has 0 aliphatic carbocycles. The Labute approximate surface area is 85.4 Å². The molecule has 0 unspecified atom stereocenters. The number of hydrogen-bond acceptors (Lipinski definition) is 1. The molecule has 0 bridgehead atoms. The van der Waals surface area contributed by atoms with Crippen LogP contribution < -0.4 is 5.32 Å². The van der Waals surface area contributed by atoms with Gasteiger partial charge in [0.05, 0.1) is 0 Å². The Balaban J connectivity index is 2.75. The van der Waals surface area contributed by atoms with Crippen molar-refractivity contribution in [3.8, 4) is 0 Å². The Hall–Kier alpha value is 0.759. The van der Waals surface area contributed by atoms with E-state index < -0.39 is 23.2 Å².